The third kappa shape index (κ3) is 4.29. The molecule has 1 aliphatic heterocycles. The van der Waals surface area contributed by atoms with Crippen LogP contribution in [0.1, 0.15) is 25.8 Å². The predicted molar refractivity (Wildman–Crippen MR) is 97.5 cm³/mol. The highest BCUT2D eigenvalue weighted by atomic mass is 32.2. The second kappa shape index (κ2) is 8.25. The van der Waals surface area contributed by atoms with Gasteiger partial charge in [-0.15, -0.1) is 0 Å². The van der Waals surface area contributed by atoms with Crippen molar-refractivity contribution in [1.29, 1.82) is 5.26 Å². The van der Waals surface area contributed by atoms with Crippen molar-refractivity contribution in [3.63, 3.8) is 0 Å². The van der Waals surface area contributed by atoms with Crippen molar-refractivity contribution >= 4 is 17.1 Å². The highest BCUT2D eigenvalue weighted by molar-refractivity contribution is 7.92. The predicted octanol–water partition coefficient (Wildman–Crippen LogP) is 1.51. The summed E-state index contributed by atoms with van der Waals surface area (Å²) in [6.07, 6.45) is -1.24. The molecule has 1 amide bonds. The molecule has 142 valence electrons. The quantitative estimate of drug-likeness (QED) is 0.753. The lowest BCUT2D eigenvalue weighted by molar-refractivity contribution is -0.133. The Kier molecular flexibility index (Phi) is 6.50. The fraction of sp³-hybridized carbons (Fsp3) is 0.556. The second-order valence-electron chi connectivity index (χ2n) is 6.89. The normalized spacial score (nSPS) is 22.6. The first-order valence-electron chi connectivity index (χ1n) is 8.31. The van der Waals surface area contributed by atoms with E-state index in [0.717, 1.165) is 5.56 Å². The summed E-state index contributed by atoms with van der Waals surface area (Å²) in [6, 6.07) is 7.17. The van der Waals surface area contributed by atoms with Crippen LogP contribution in [0.5, 0.6) is 5.75 Å². The molecule has 0 saturated carbocycles. The van der Waals surface area contributed by atoms with E-state index in [0.29, 0.717) is 5.75 Å². The number of alkyl halides is 1. The van der Waals surface area contributed by atoms with Gasteiger partial charge in [0.25, 0.3) is 0 Å². The zero-order valence-electron chi connectivity index (χ0n) is 15.1. The summed E-state index contributed by atoms with van der Waals surface area (Å²) in [7, 11) is 1.57. The first kappa shape index (κ1) is 20.5. The summed E-state index contributed by atoms with van der Waals surface area (Å²) in [5, 5.41) is 9.11. The van der Waals surface area contributed by atoms with Crippen molar-refractivity contribution in [2.24, 2.45) is 5.73 Å². The SMILES string of the molecule is COc1ccc(C[S+]([O-])C(C)(C)C(N)C(=O)N2CC(F)CC2C#N)cc1. The Labute approximate surface area is 156 Å². The van der Waals surface area contributed by atoms with Crippen LogP contribution in [0.15, 0.2) is 24.3 Å². The Morgan fingerprint density at radius 1 is 1.54 bits per heavy atom. The monoisotopic (exact) mass is 381 g/mol. The van der Waals surface area contributed by atoms with Gasteiger partial charge in [0.15, 0.2) is 0 Å². The van der Waals surface area contributed by atoms with Crippen LogP contribution in [0.3, 0.4) is 0 Å². The maximum absolute atomic E-state index is 13.6. The van der Waals surface area contributed by atoms with Crippen LogP contribution >= 0.6 is 0 Å². The Morgan fingerprint density at radius 2 is 2.15 bits per heavy atom. The van der Waals surface area contributed by atoms with Crippen LogP contribution in [-0.2, 0) is 21.7 Å². The molecule has 1 saturated heterocycles. The topological polar surface area (TPSA) is 102 Å². The molecule has 4 atom stereocenters. The third-order valence-corrected chi connectivity index (χ3v) is 6.76. The summed E-state index contributed by atoms with van der Waals surface area (Å²) < 4.78 is 30.5. The van der Waals surface area contributed by atoms with E-state index in [9.17, 15) is 13.7 Å². The van der Waals surface area contributed by atoms with Gasteiger partial charge in [0.1, 0.15) is 34.5 Å². The van der Waals surface area contributed by atoms with Gasteiger partial charge in [-0.05, 0) is 37.2 Å². The molecule has 26 heavy (non-hydrogen) atoms. The van der Waals surface area contributed by atoms with E-state index in [4.69, 9.17) is 15.7 Å². The van der Waals surface area contributed by atoms with Gasteiger partial charge in [-0.2, -0.15) is 5.26 Å². The number of carbonyl (C=O) groups is 1. The Morgan fingerprint density at radius 3 is 2.69 bits per heavy atom. The van der Waals surface area contributed by atoms with E-state index in [1.807, 2.05) is 6.07 Å². The molecule has 1 aliphatic rings. The maximum Gasteiger partial charge on any atom is 0.246 e. The lowest BCUT2D eigenvalue weighted by atomic mass is 10.0. The molecule has 0 spiro atoms. The summed E-state index contributed by atoms with van der Waals surface area (Å²) >= 11 is -1.45. The van der Waals surface area contributed by atoms with E-state index < -0.39 is 40.1 Å². The van der Waals surface area contributed by atoms with E-state index in [-0.39, 0.29) is 18.7 Å². The number of likely N-dealkylation sites (tertiary alicyclic amines) is 1. The molecule has 1 aromatic carbocycles. The van der Waals surface area contributed by atoms with Crippen LogP contribution < -0.4 is 10.5 Å². The standard InChI is InChI=1S/C18H24FN3O3S/c1-18(2,26(24)11-12-4-6-15(25-3)7-5-12)16(21)17(23)22-10-13(19)8-14(22)9-20/h4-7,13-14,16H,8,10-11,21H2,1-3H3. The molecule has 0 radical (unpaired) electrons. The number of nitrogens with zero attached hydrogens (tertiary/aromatic N) is 2. The summed E-state index contributed by atoms with van der Waals surface area (Å²) in [5.74, 6) is 0.388. The van der Waals surface area contributed by atoms with Gasteiger partial charge in [0.2, 0.25) is 5.91 Å². The fourth-order valence-electron chi connectivity index (χ4n) is 2.83. The highest BCUT2D eigenvalue weighted by Crippen LogP contribution is 2.28. The van der Waals surface area contributed by atoms with Crippen molar-refractivity contribution in [1.82, 2.24) is 4.90 Å². The van der Waals surface area contributed by atoms with Crippen molar-refractivity contribution < 1.29 is 18.5 Å². The zero-order valence-corrected chi connectivity index (χ0v) is 16.0. The Hall–Kier alpha value is -1.82. The zero-order chi connectivity index (χ0) is 19.5. The molecule has 1 fully saturated rings. The Balaban J connectivity index is 2.08. The third-order valence-electron chi connectivity index (χ3n) is 4.74. The van der Waals surface area contributed by atoms with Crippen LogP contribution in [0.4, 0.5) is 4.39 Å². The van der Waals surface area contributed by atoms with Crippen molar-refractivity contribution in [2.45, 2.75) is 49.0 Å². The van der Waals surface area contributed by atoms with Gasteiger partial charge in [-0.25, -0.2) is 4.39 Å². The minimum atomic E-state index is -1.45. The number of hydrogen-bond acceptors (Lipinski definition) is 5. The number of benzene rings is 1. The number of amides is 1. The molecule has 1 aromatic rings. The van der Waals surface area contributed by atoms with Crippen LogP contribution in [-0.4, -0.2) is 52.0 Å². The number of ether oxygens (including phenoxy) is 1. The largest absolute Gasteiger partial charge is 0.616 e. The Bertz CT molecular complexity index is 677. The molecular weight excluding hydrogens is 357 g/mol. The van der Waals surface area contributed by atoms with E-state index in [1.54, 1.807) is 45.2 Å². The smallest absolute Gasteiger partial charge is 0.246 e. The molecule has 8 heteroatoms. The van der Waals surface area contributed by atoms with Crippen molar-refractivity contribution in [3.8, 4) is 11.8 Å². The molecule has 2 N–H and O–H groups in total. The van der Waals surface area contributed by atoms with Crippen LogP contribution in [0, 0.1) is 11.3 Å². The van der Waals surface area contributed by atoms with Crippen LogP contribution in [0.25, 0.3) is 0 Å². The van der Waals surface area contributed by atoms with Gasteiger partial charge in [-0.1, -0.05) is 12.1 Å². The summed E-state index contributed by atoms with van der Waals surface area (Å²) in [4.78, 5) is 13.8. The molecule has 4 unspecified atom stereocenters. The average molecular weight is 381 g/mol. The molecule has 0 aromatic heterocycles. The van der Waals surface area contributed by atoms with E-state index >= 15 is 0 Å². The second-order valence-corrected chi connectivity index (χ2v) is 8.92. The van der Waals surface area contributed by atoms with Gasteiger partial charge in [0.05, 0.1) is 19.7 Å². The van der Waals surface area contributed by atoms with Gasteiger partial charge in [-0.3, -0.25) is 4.79 Å². The number of nitriles is 1. The first-order valence-corrected chi connectivity index (χ1v) is 9.63. The van der Waals surface area contributed by atoms with Gasteiger partial charge < -0.3 is 19.9 Å². The summed E-state index contributed by atoms with van der Waals surface area (Å²) in [6.45, 7) is 3.16. The highest BCUT2D eigenvalue weighted by Gasteiger charge is 2.47. The number of hydrogen-bond donors (Lipinski definition) is 1. The van der Waals surface area contributed by atoms with Crippen molar-refractivity contribution in [3.05, 3.63) is 29.8 Å². The van der Waals surface area contributed by atoms with Crippen molar-refractivity contribution in [2.75, 3.05) is 13.7 Å². The lowest BCUT2D eigenvalue weighted by Gasteiger charge is -2.35. The van der Waals surface area contributed by atoms with E-state index in [2.05, 4.69) is 0 Å². The number of nitrogens with two attached hydrogens (primary N) is 1. The summed E-state index contributed by atoms with van der Waals surface area (Å²) in [5.41, 5.74) is 6.93. The molecule has 0 bridgehead atoms. The molecule has 2 rings (SSSR count). The number of halogens is 1. The minimum absolute atomic E-state index is 0.00960. The maximum atomic E-state index is 13.6. The average Bonchev–Trinajstić information content (AvgIpc) is 3.01. The molecule has 0 aliphatic carbocycles. The lowest BCUT2D eigenvalue weighted by Crippen LogP contribution is -2.59. The van der Waals surface area contributed by atoms with E-state index in [1.165, 1.54) is 4.90 Å². The molecular formula is C18H24FN3O3S. The number of rotatable bonds is 6. The van der Waals surface area contributed by atoms with Crippen LogP contribution in [0.2, 0.25) is 0 Å². The first-order chi connectivity index (χ1) is 12.2. The minimum Gasteiger partial charge on any atom is -0.616 e. The number of methoxy groups -OCH3 is 1. The van der Waals surface area contributed by atoms with Gasteiger partial charge in [0, 0.05) is 12.0 Å². The number of carbonyl (C=O) groups excluding carboxylic acids is 1. The van der Waals surface area contributed by atoms with Gasteiger partial charge >= 0.3 is 0 Å². The fourth-order valence-corrected chi connectivity index (χ4v) is 4.08. The molecule has 1 heterocycles. The molecule has 6 nitrogen and oxygen atoms in total.